The van der Waals surface area contributed by atoms with Crippen LogP contribution in [0.25, 0.3) is 0 Å². The summed E-state index contributed by atoms with van der Waals surface area (Å²) >= 11 is 0. The molecule has 0 aliphatic carbocycles. The lowest BCUT2D eigenvalue weighted by Gasteiger charge is -2.15. The molecule has 2 aliphatic heterocycles. The smallest absolute Gasteiger partial charge is 0.337 e. The van der Waals surface area contributed by atoms with Crippen molar-refractivity contribution in [2.75, 3.05) is 13.2 Å². The molecule has 2 atom stereocenters. The van der Waals surface area contributed by atoms with Crippen LogP contribution in [0, 0.1) is 0 Å². The number of rotatable bonds is 8. The lowest BCUT2D eigenvalue weighted by Crippen LogP contribution is -2.24. The number of hydrogen-bond donors (Lipinski definition) is 0. The zero-order valence-electron chi connectivity index (χ0n) is 12.9. The normalized spacial score (nSPS) is 23.5. The Balaban J connectivity index is 2.05. The lowest BCUT2D eigenvalue weighted by molar-refractivity contribution is -0.142. The van der Waals surface area contributed by atoms with Gasteiger partial charge in [0, 0.05) is 0 Å². The summed E-state index contributed by atoms with van der Waals surface area (Å²) in [5, 5.41) is 0. The number of ether oxygens (including phenoxy) is 3. The van der Waals surface area contributed by atoms with Gasteiger partial charge in [0.1, 0.15) is 0 Å². The van der Waals surface area contributed by atoms with E-state index in [1.54, 1.807) is 0 Å². The van der Waals surface area contributed by atoms with E-state index in [0.29, 0.717) is 24.4 Å². The first-order valence-corrected chi connectivity index (χ1v) is 7.92. The third kappa shape index (κ3) is 3.64. The van der Waals surface area contributed by atoms with Crippen LogP contribution in [0.1, 0.15) is 52.4 Å². The van der Waals surface area contributed by atoms with Crippen molar-refractivity contribution in [3.05, 3.63) is 11.1 Å². The molecule has 1 saturated heterocycles. The van der Waals surface area contributed by atoms with E-state index in [1.807, 2.05) is 13.8 Å². The third-order valence-electron chi connectivity index (χ3n) is 3.86. The zero-order chi connectivity index (χ0) is 15.2. The van der Waals surface area contributed by atoms with E-state index in [9.17, 15) is 9.59 Å². The van der Waals surface area contributed by atoms with Crippen molar-refractivity contribution in [3.63, 3.8) is 0 Å². The standard InChI is InChI=1S/C16H24O5/c1-3-5-9-19-15(17)13-11-7-8-12(21-11)14(13)16(18)20-10-6-4-2/h11-12H,3-10H2,1-2H3. The molecule has 2 aliphatic rings. The van der Waals surface area contributed by atoms with Gasteiger partial charge in [0.2, 0.25) is 0 Å². The van der Waals surface area contributed by atoms with Crippen LogP contribution in [0.15, 0.2) is 11.1 Å². The van der Waals surface area contributed by atoms with Gasteiger partial charge in [0.05, 0.1) is 36.6 Å². The highest BCUT2D eigenvalue weighted by atomic mass is 16.6. The van der Waals surface area contributed by atoms with Crippen molar-refractivity contribution in [2.45, 2.75) is 64.6 Å². The van der Waals surface area contributed by atoms with E-state index >= 15 is 0 Å². The van der Waals surface area contributed by atoms with Crippen molar-refractivity contribution >= 4 is 11.9 Å². The molecule has 0 aromatic heterocycles. The van der Waals surface area contributed by atoms with E-state index in [1.165, 1.54) is 0 Å². The molecule has 2 unspecified atom stereocenters. The molecule has 0 aromatic carbocycles. The Labute approximate surface area is 125 Å². The average molecular weight is 296 g/mol. The molecule has 118 valence electrons. The first kappa shape index (κ1) is 16.0. The molecular formula is C16H24O5. The largest absolute Gasteiger partial charge is 0.462 e. The summed E-state index contributed by atoms with van der Waals surface area (Å²) in [5.41, 5.74) is 0.785. The summed E-state index contributed by atoms with van der Waals surface area (Å²) in [6.07, 6.45) is 4.52. The lowest BCUT2D eigenvalue weighted by atomic mass is 9.92. The number of carbonyl (C=O) groups excluding carboxylic acids is 2. The minimum absolute atomic E-state index is 0.294. The molecule has 0 N–H and O–H groups in total. The van der Waals surface area contributed by atoms with Crippen molar-refractivity contribution < 1.29 is 23.8 Å². The van der Waals surface area contributed by atoms with Crippen molar-refractivity contribution in [2.24, 2.45) is 0 Å². The van der Waals surface area contributed by atoms with Crippen LogP contribution in [-0.2, 0) is 23.8 Å². The summed E-state index contributed by atoms with van der Waals surface area (Å²) < 4.78 is 16.2. The van der Waals surface area contributed by atoms with Crippen LogP contribution in [0.4, 0.5) is 0 Å². The van der Waals surface area contributed by atoms with Crippen molar-refractivity contribution in [1.82, 2.24) is 0 Å². The summed E-state index contributed by atoms with van der Waals surface area (Å²) in [5.74, 6) is -0.837. The molecule has 0 saturated carbocycles. The number of unbranched alkanes of at least 4 members (excludes halogenated alkanes) is 2. The predicted octanol–water partition coefficient (Wildman–Crippen LogP) is 2.53. The number of fused-ring (bicyclic) bond motifs is 2. The zero-order valence-corrected chi connectivity index (χ0v) is 12.9. The molecule has 2 rings (SSSR count). The molecule has 2 heterocycles. The second-order valence-electron chi connectivity index (χ2n) is 5.50. The van der Waals surface area contributed by atoms with Gasteiger partial charge in [-0.2, -0.15) is 0 Å². The van der Waals surface area contributed by atoms with Crippen LogP contribution in [0.5, 0.6) is 0 Å². The molecule has 2 bridgehead atoms. The maximum absolute atomic E-state index is 12.2. The van der Waals surface area contributed by atoms with Gasteiger partial charge in [-0.25, -0.2) is 9.59 Å². The molecule has 5 nitrogen and oxygen atoms in total. The maximum Gasteiger partial charge on any atom is 0.337 e. The van der Waals surface area contributed by atoms with Crippen LogP contribution in [0.3, 0.4) is 0 Å². The minimum Gasteiger partial charge on any atom is -0.462 e. The molecule has 21 heavy (non-hydrogen) atoms. The fraction of sp³-hybridized carbons (Fsp3) is 0.750. The van der Waals surface area contributed by atoms with Crippen LogP contribution < -0.4 is 0 Å². The van der Waals surface area contributed by atoms with Crippen LogP contribution >= 0.6 is 0 Å². The molecule has 5 heteroatoms. The Morgan fingerprint density at radius 2 is 1.38 bits per heavy atom. The van der Waals surface area contributed by atoms with Crippen molar-refractivity contribution in [1.29, 1.82) is 0 Å². The number of hydrogen-bond acceptors (Lipinski definition) is 5. The number of esters is 2. The Morgan fingerprint density at radius 1 is 0.952 bits per heavy atom. The van der Waals surface area contributed by atoms with E-state index in [2.05, 4.69) is 0 Å². The second-order valence-corrected chi connectivity index (χ2v) is 5.50. The first-order chi connectivity index (χ1) is 10.2. The molecule has 0 aromatic rings. The van der Waals surface area contributed by atoms with E-state index < -0.39 is 11.9 Å². The van der Waals surface area contributed by atoms with Gasteiger partial charge in [0.15, 0.2) is 0 Å². The minimum atomic E-state index is -0.418. The molecular weight excluding hydrogens is 272 g/mol. The van der Waals surface area contributed by atoms with Crippen LogP contribution in [-0.4, -0.2) is 37.4 Å². The second kappa shape index (κ2) is 7.59. The molecule has 1 fully saturated rings. The van der Waals surface area contributed by atoms with Gasteiger partial charge >= 0.3 is 11.9 Å². The van der Waals surface area contributed by atoms with Crippen molar-refractivity contribution in [3.8, 4) is 0 Å². The highest BCUT2D eigenvalue weighted by molar-refractivity contribution is 6.03. The molecule has 0 radical (unpaired) electrons. The van der Waals surface area contributed by atoms with E-state index in [4.69, 9.17) is 14.2 Å². The Bertz CT molecular complexity index is 388. The summed E-state index contributed by atoms with van der Waals surface area (Å²) in [6, 6.07) is 0. The van der Waals surface area contributed by atoms with Gasteiger partial charge in [0.25, 0.3) is 0 Å². The summed E-state index contributed by atoms with van der Waals surface area (Å²) in [7, 11) is 0. The third-order valence-corrected chi connectivity index (χ3v) is 3.86. The quantitative estimate of drug-likeness (QED) is 0.509. The predicted molar refractivity (Wildman–Crippen MR) is 76.7 cm³/mol. The SMILES string of the molecule is CCCCOC(=O)C1=C(C(=O)OCCCC)C2CCC1O2. The molecule has 0 spiro atoms. The highest BCUT2D eigenvalue weighted by Crippen LogP contribution is 2.40. The Kier molecular flexibility index (Phi) is 5.79. The Hall–Kier alpha value is -1.36. The number of carbonyl (C=O) groups is 2. The van der Waals surface area contributed by atoms with Gasteiger partial charge < -0.3 is 14.2 Å². The summed E-state index contributed by atoms with van der Waals surface area (Å²) in [4.78, 5) is 24.4. The summed E-state index contributed by atoms with van der Waals surface area (Å²) in [6.45, 7) is 4.83. The topological polar surface area (TPSA) is 61.8 Å². The van der Waals surface area contributed by atoms with Crippen LogP contribution in [0.2, 0.25) is 0 Å². The van der Waals surface area contributed by atoms with Gasteiger partial charge in [-0.15, -0.1) is 0 Å². The molecule has 0 amide bonds. The first-order valence-electron chi connectivity index (χ1n) is 7.92. The van der Waals surface area contributed by atoms with Gasteiger partial charge in [-0.1, -0.05) is 26.7 Å². The van der Waals surface area contributed by atoms with E-state index in [-0.39, 0.29) is 12.2 Å². The fourth-order valence-corrected chi connectivity index (χ4v) is 2.67. The van der Waals surface area contributed by atoms with Gasteiger partial charge in [-0.05, 0) is 25.7 Å². The maximum atomic E-state index is 12.2. The van der Waals surface area contributed by atoms with E-state index in [0.717, 1.165) is 38.5 Å². The average Bonchev–Trinajstić information content (AvgIpc) is 3.08. The van der Waals surface area contributed by atoms with Gasteiger partial charge in [-0.3, -0.25) is 0 Å². The fourth-order valence-electron chi connectivity index (χ4n) is 2.67. The highest BCUT2D eigenvalue weighted by Gasteiger charge is 2.47. The Morgan fingerprint density at radius 3 is 1.76 bits per heavy atom. The monoisotopic (exact) mass is 296 g/mol.